The number of ether oxygens (including phenoxy) is 3. The minimum Gasteiger partial charge on any atom is -0.497 e. The molecule has 172 valence electrons. The highest BCUT2D eigenvalue weighted by atomic mass is 16.5. The number of nitrogens with zero attached hydrogens (tertiary/aromatic N) is 2. The SMILES string of the molecule is COc1ccc(OCc2nc3ccccc3n2CCCCOc2ccc3ccccc3c2)cc1. The number of benzene rings is 4. The van der Waals surface area contributed by atoms with Gasteiger partial charge in [-0.2, -0.15) is 0 Å². The van der Waals surface area contributed by atoms with Gasteiger partial charge < -0.3 is 18.8 Å². The van der Waals surface area contributed by atoms with Crippen molar-refractivity contribution in [1.82, 2.24) is 9.55 Å². The Kier molecular flexibility index (Phi) is 6.61. The van der Waals surface area contributed by atoms with Gasteiger partial charge in [-0.05, 0) is 72.1 Å². The zero-order chi connectivity index (χ0) is 23.2. The molecule has 0 fully saturated rings. The van der Waals surface area contributed by atoms with Crippen molar-refractivity contribution >= 4 is 21.8 Å². The molecule has 0 spiro atoms. The molecule has 0 aliphatic rings. The van der Waals surface area contributed by atoms with E-state index in [2.05, 4.69) is 53.1 Å². The predicted octanol–water partition coefficient (Wildman–Crippen LogP) is 6.64. The van der Waals surface area contributed by atoms with E-state index in [1.807, 2.05) is 42.5 Å². The summed E-state index contributed by atoms with van der Waals surface area (Å²) >= 11 is 0. The van der Waals surface area contributed by atoms with Crippen molar-refractivity contribution in [1.29, 1.82) is 0 Å². The Morgan fingerprint density at radius 2 is 1.44 bits per heavy atom. The highest BCUT2D eigenvalue weighted by Crippen LogP contribution is 2.22. The first-order valence-electron chi connectivity index (χ1n) is 11.6. The van der Waals surface area contributed by atoms with Crippen LogP contribution in [-0.4, -0.2) is 23.3 Å². The molecular weight excluding hydrogens is 424 g/mol. The number of imidazole rings is 1. The van der Waals surface area contributed by atoms with Crippen LogP contribution in [0.25, 0.3) is 21.8 Å². The number of aromatic nitrogens is 2. The number of para-hydroxylation sites is 2. The maximum atomic E-state index is 6.02. The molecule has 5 heteroatoms. The summed E-state index contributed by atoms with van der Waals surface area (Å²) in [6.07, 6.45) is 1.95. The zero-order valence-electron chi connectivity index (χ0n) is 19.3. The molecule has 4 aromatic carbocycles. The number of hydrogen-bond acceptors (Lipinski definition) is 4. The molecule has 0 atom stereocenters. The third-order valence-corrected chi connectivity index (χ3v) is 5.93. The number of aryl methyl sites for hydroxylation is 1. The van der Waals surface area contributed by atoms with Crippen molar-refractivity contribution in [3.05, 3.63) is 96.8 Å². The molecule has 0 N–H and O–H groups in total. The molecule has 5 aromatic rings. The fourth-order valence-electron chi connectivity index (χ4n) is 4.12. The fraction of sp³-hybridized carbons (Fsp3) is 0.207. The van der Waals surface area contributed by atoms with Gasteiger partial charge in [0.1, 0.15) is 29.7 Å². The molecule has 0 saturated heterocycles. The summed E-state index contributed by atoms with van der Waals surface area (Å²) in [5.41, 5.74) is 2.12. The lowest BCUT2D eigenvalue weighted by molar-refractivity contribution is 0.284. The number of rotatable bonds is 10. The Morgan fingerprint density at radius 1 is 0.706 bits per heavy atom. The van der Waals surface area contributed by atoms with E-state index in [9.17, 15) is 0 Å². The van der Waals surface area contributed by atoms with Crippen molar-refractivity contribution in [3.8, 4) is 17.2 Å². The zero-order valence-corrected chi connectivity index (χ0v) is 19.3. The van der Waals surface area contributed by atoms with Gasteiger partial charge in [-0.1, -0.05) is 42.5 Å². The minimum absolute atomic E-state index is 0.411. The van der Waals surface area contributed by atoms with Crippen molar-refractivity contribution in [2.75, 3.05) is 13.7 Å². The van der Waals surface area contributed by atoms with Crippen molar-refractivity contribution in [3.63, 3.8) is 0 Å². The Hall–Kier alpha value is -3.99. The highest BCUT2D eigenvalue weighted by Gasteiger charge is 2.11. The minimum atomic E-state index is 0.411. The molecule has 0 unspecified atom stereocenters. The van der Waals surface area contributed by atoms with Crippen LogP contribution in [0.3, 0.4) is 0 Å². The number of hydrogen-bond donors (Lipinski definition) is 0. The second-order valence-corrected chi connectivity index (χ2v) is 8.20. The van der Waals surface area contributed by atoms with Crippen LogP contribution >= 0.6 is 0 Å². The summed E-state index contributed by atoms with van der Waals surface area (Å²) < 4.78 is 19.5. The number of methoxy groups -OCH3 is 1. The monoisotopic (exact) mass is 452 g/mol. The lowest BCUT2D eigenvalue weighted by Gasteiger charge is -2.12. The summed E-state index contributed by atoms with van der Waals surface area (Å²) in [4.78, 5) is 4.82. The van der Waals surface area contributed by atoms with Gasteiger partial charge >= 0.3 is 0 Å². The van der Waals surface area contributed by atoms with E-state index < -0.39 is 0 Å². The average molecular weight is 453 g/mol. The van der Waals surface area contributed by atoms with E-state index >= 15 is 0 Å². The quantitative estimate of drug-likeness (QED) is 0.223. The van der Waals surface area contributed by atoms with Gasteiger partial charge in [0, 0.05) is 6.54 Å². The van der Waals surface area contributed by atoms with Crippen LogP contribution in [0.15, 0.2) is 91.0 Å². The largest absolute Gasteiger partial charge is 0.497 e. The number of unbranched alkanes of at least 4 members (excludes halogenated alkanes) is 1. The molecule has 1 heterocycles. The Bertz CT molecular complexity index is 1380. The molecule has 5 rings (SSSR count). The average Bonchev–Trinajstić information content (AvgIpc) is 3.25. The van der Waals surface area contributed by atoms with Crippen LogP contribution in [0.5, 0.6) is 17.2 Å². The van der Waals surface area contributed by atoms with Gasteiger partial charge in [0.15, 0.2) is 0 Å². The summed E-state index contributed by atoms with van der Waals surface area (Å²) in [6.45, 7) is 1.96. The van der Waals surface area contributed by atoms with Crippen LogP contribution in [0.4, 0.5) is 0 Å². The predicted molar refractivity (Wildman–Crippen MR) is 136 cm³/mol. The van der Waals surface area contributed by atoms with Gasteiger partial charge in [0.25, 0.3) is 0 Å². The van der Waals surface area contributed by atoms with Crippen LogP contribution in [0.1, 0.15) is 18.7 Å². The first-order chi connectivity index (χ1) is 16.8. The second kappa shape index (κ2) is 10.3. The molecule has 34 heavy (non-hydrogen) atoms. The smallest absolute Gasteiger partial charge is 0.147 e. The molecule has 0 bridgehead atoms. The highest BCUT2D eigenvalue weighted by molar-refractivity contribution is 5.83. The van der Waals surface area contributed by atoms with E-state index in [4.69, 9.17) is 19.2 Å². The van der Waals surface area contributed by atoms with E-state index in [0.717, 1.165) is 53.5 Å². The van der Waals surface area contributed by atoms with Crippen LogP contribution in [0, 0.1) is 0 Å². The Labute approximate surface area is 199 Å². The van der Waals surface area contributed by atoms with E-state index in [1.165, 1.54) is 10.8 Å². The Morgan fingerprint density at radius 3 is 2.29 bits per heavy atom. The molecule has 1 aromatic heterocycles. The second-order valence-electron chi connectivity index (χ2n) is 8.20. The summed E-state index contributed by atoms with van der Waals surface area (Å²) in [5.74, 6) is 3.45. The molecule has 5 nitrogen and oxygen atoms in total. The molecule has 0 saturated carbocycles. The maximum Gasteiger partial charge on any atom is 0.147 e. The normalized spacial score (nSPS) is 11.1. The Balaban J connectivity index is 1.20. The molecular formula is C29H28N2O3. The van der Waals surface area contributed by atoms with Gasteiger partial charge in [-0.3, -0.25) is 0 Å². The third kappa shape index (κ3) is 4.99. The van der Waals surface area contributed by atoms with Gasteiger partial charge in [-0.15, -0.1) is 0 Å². The standard InChI is InChI=1S/C29H28N2O3/c1-32-24-14-16-25(17-15-24)34-21-29-30-27-10-4-5-11-28(27)31(29)18-6-7-19-33-26-13-12-22-8-2-3-9-23(22)20-26/h2-5,8-17,20H,6-7,18-19,21H2,1H3. The van der Waals surface area contributed by atoms with Crippen molar-refractivity contribution < 1.29 is 14.2 Å². The van der Waals surface area contributed by atoms with Crippen molar-refractivity contribution in [2.24, 2.45) is 0 Å². The molecule has 0 aliphatic carbocycles. The van der Waals surface area contributed by atoms with Gasteiger partial charge in [-0.25, -0.2) is 4.98 Å². The first-order valence-corrected chi connectivity index (χ1v) is 11.6. The van der Waals surface area contributed by atoms with Gasteiger partial charge in [0.05, 0.1) is 24.8 Å². The fourth-order valence-corrected chi connectivity index (χ4v) is 4.12. The van der Waals surface area contributed by atoms with Crippen LogP contribution in [-0.2, 0) is 13.2 Å². The summed E-state index contributed by atoms with van der Waals surface area (Å²) in [6, 6.07) is 30.4. The third-order valence-electron chi connectivity index (χ3n) is 5.93. The van der Waals surface area contributed by atoms with Crippen LogP contribution in [0.2, 0.25) is 0 Å². The number of fused-ring (bicyclic) bond motifs is 2. The molecule has 0 amide bonds. The topological polar surface area (TPSA) is 45.5 Å². The first kappa shape index (κ1) is 21.8. The molecule has 0 aliphatic heterocycles. The van der Waals surface area contributed by atoms with E-state index in [1.54, 1.807) is 7.11 Å². The van der Waals surface area contributed by atoms with Gasteiger partial charge in [0.2, 0.25) is 0 Å². The maximum absolute atomic E-state index is 6.02. The van der Waals surface area contributed by atoms with E-state index in [0.29, 0.717) is 13.2 Å². The molecule has 0 radical (unpaired) electrons. The summed E-state index contributed by atoms with van der Waals surface area (Å²) in [5, 5.41) is 2.43. The lowest BCUT2D eigenvalue weighted by Crippen LogP contribution is -2.09. The van der Waals surface area contributed by atoms with E-state index in [-0.39, 0.29) is 0 Å². The summed E-state index contributed by atoms with van der Waals surface area (Å²) in [7, 11) is 1.66. The lowest BCUT2D eigenvalue weighted by atomic mass is 10.1. The van der Waals surface area contributed by atoms with Crippen LogP contribution < -0.4 is 14.2 Å². The van der Waals surface area contributed by atoms with Crippen molar-refractivity contribution in [2.45, 2.75) is 26.0 Å².